The van der Waals surface area contributed by atoms with E-state index in [1.165, 1.54) is 0 Å². The zero-order chi connectivity index (χ0) is 18.0. The highest BCUT2D eigenvalue weighted by Gasteiger charge is 2.58. The zero-order valence-corrected chi connectivity index (χ0v) is 18.4. The van der Waals surface area contributed by atoms with Crippen molar-refractivity contribution in [3.63, 3.8) is 0 Å². The van der Waals surface area contributed by atoms with Gasteiger partial charge in [0.2, 0.25) is 0 Å². The van der Waals surface area contributed by atoms with Crippen molar-refractivity contribution in [3.05, 3.63) is 24.2 Å². The van der Waals surface area contributed by atoms with Crippen molar-refractivity contribution in [2.45, 2.75) is 58.3 Å². The maximum atomic E-state index is 10.5. The minimum atomic E-state index is -1.14. The Morgan fingerprint density at radius 2 is 2.16 bits per heavy atom. The molecule has 0 aliphatic heterocycles. The van der Waals surface area contributed by atoms with Gasteiger partial charge in [-0.2, -0.15) is 0 Å². The number of aliphatic imine (C=N–C) groups is 1. The van der Waals surface area contributed by atoms with Crippen LogP contribution < -0.4 is 10.6 Å². The van der Waals surface area contributed by atoms with Crippen molar-refractivity contribution in [1.29, 1.82) is 0 Å². The predicted molar refractivity (Wildman–Crippen MR) is 110 cm³/mol. The second-order valence-electron chi connectivity index (χ2n) is 7.50. The van der Waals surface area contributed by atoms with Crippen LogP contribution in [-0.2, 0) is 10.3 Å². The Hall–Kier alpha value is -0.800. The van der Waals surface area contributed by atoms with Crippen LogP contribution in [-0.4, -0.2) is 42.9 Å². The number of guanidine groups is 1. The normalized spacial score (nSPS) is 27.6. The number of rotatable bonds is 6. The first kappa shape index (κ1) is 22.2. The van der Waals surface area contributed by atoms with E-state index in [-0.39, 0.29) is 47.6 Å². The molecule has 1 saturated carbocycles. The van der Waals surface area contributed by atoms with E-state index in [4.69, 9.17) is 9.15 Å². The number of nitrogens with one attached hydrogen (secondary N) is 2. The van der Waals surface area contributed by atoms with E-state index >= 15 is 0 Å². The smallest absolute Gasteiger partial charge is 0.191 e. The molecule has 2 rings (SSSR count). The van der Waals surface area contributed by atoms with Crippen LogP contribution in [0.3, 0.4) is 0 Å². The molecule has 1 heterocycles. The summed E-state index contributed by atoms with van der Waals surface area (Å²) < 4.78 is 11.0. The summed E-state index contributed by atoms with van der Waals surface area (Å²) in [5, 5.41) is 17.3. The van der Waals surface area contributed by atoms with E-state index < -0.39 is 5.60 Å². The summed E-state index contributed by atoms with van der Waals surface area (Å²) >= 11 is 0. The third-order valence-corrected chi connectivity index (χ3v) is 5.53. The summed E-state index contributed by atoms with van der Waals surface area (Å²) in [4.78, 5) is 4.55. The van der Waals surface area contributed by atoms with Crippen molar-refractivity contribution in [3.8, 4) is 0 Å². The largest absolute Gasteiger partial charge is 0.466 e. The van der Waals surface area contributed by atoms with Crippen LogP contribution in [0.5, 0.6) is 0 Å². The van der Waals surface area contributed by atoms with Gasteiger partial charge < -0.3 is 24.9 Å². The summed E-state index contributed by atoms with van der Waals surface area (Å²) in [7, 11) is 1.76. The average Bonchev–Trinajstić information content (AvgIpc) is 3.07. The van der Waals surface area contributed by atoms with E-state index in [1.807, 2.05) is 6.92 Å². The molecule has 0 bridgehead atoms. The molecule has 0 radical (unpaired) electrons. The van der Waals surface area contributed by atoms with Crippen LogP contribution in [0.4, 0.5) is 0 Å². The molecular weight excluding hydrogens is 433 g/mol. The van der Waals surface area contributed by atoms with Gasteiger partial charge >= 0.3 is 0 Å². The van der Waals surface area contributed by atoms with Crippen LogP contribution in [0.1, 0.15) is 46.8 Å². The van der Waals surface area contributed by atoms with E-state index in [2.05, 4.69) is 36.4 Å². The lowest BCUT2D eigenvalue weighted by Gasteiger charge is -2.59. The number of halogens is 1. The zero-order valence-electron chi connectivity index (χ0n) is 16.0. The first-order valence-electron chi connectivity index (χ1n) is 8.52. The van der Waals surface area contributed by atoms with Crippen LogP contribution in [0, 0.1) is 5.41 Å². The Bertz CT molecular complexity index is 572. The van der Waals surface area contributed by atoms with Crippen molar-refractivity contribution in [2.75, 3.05) is 20.2 Å². The van der Waals surface area contributed by atoms with E-state index in [0.29, 0.717) is 11.7 Å². The molecule has 7 heteroatoms. The SMILES string of the molecule is CCNC(=NCC(C)(O)c1ccco1)NC1CC(C)(OC)C1(C)C.I. The first-order valence-corrected chi connectivity index (χ1v) is 8.52. The van der Waals surface area contributed by atoms with E-state index in [9.17, 15) is 5.11 Å². The minimum absolute atomic E-state index is 0. The summed E-state index contributed by atoms with van der Waals surface area (Å²) in [6.07, 6.45) is 2.47. The molecule has 0 aromatic carbocycles. The number of hydrogen-bond donors (Lipinski definition) is 3. The number of aliphatic hydroxyl groups is 1. The van der Waals surface area contributed by atoms with Crippen LogP contribution in [0.15, 0.2) is 27.8 Å². The van der Waals surface area contributed by atoms with Gasteiger partial charge in [-0.1, -0.05) is 13.8 Å². The van der Waals surface area contributed by atoms with Gasteiger partial charge in [0.15, 0.2) is 5.96 Å². The molecule has 3 atom stereocenters. The standard InChI is InChI=1S/C18H31N3O3.HI/c1-7-19-15(20-12-17(4,22)14-9-8-10-24-14)21-13-11-18(5,23-6)16(13,2)3;/h8-10,13,22H,7,11-12H2,1-6H3,(H2,19,20,21);1H. The summed E-state index contributed by atoms with van der Waals surface area (Å²) in [6.45, 7) is 11.2. The number of methoxy groups -OCH3 is 1. The molecular formula is C18H32IN3O3. The molecule has 0 amide bonds. The Kier molecular flexibility index (Phi) is 7.35. The second kappa shape index (κ2) is 8.26. The van der Waals surface area contributed by atoms with Crippen molar-refractivity contribution >= 4 is 29.9 Å². The molecule has 0 saturated heterocycles. The molecule has 25 heavy (non-hydrogen) atoms. The summed E-state index contributed by atoms with van der Waals surface area (Å²) in [6, 6.07) is 3.78. The fourth-order valence-corrected chi connectivity index (χ4v) is 3.10. The molecule has 144 valence electrons. The monoisotopic (exact) mass is 465 g/mol. The van der Waals surface area contributed by atoms with Gasteiger partial charge in [-0.05, 0) is 39.3 Å². The fraction of sp³-hybridized carbons (Fsp3) is 0.722. The lowest BCUT2D eigenvalue weighted by molar-refractivity contribution is -0.176. The van der Waals surface area contributed by atoms with Gasteiger partial charge in [0, 0.05) is 25.1 Å². The minimum Gasteiger partial charge on any atom is -0.466 e. The Balaban J connectivity index is 0.00000312. The van der Waals surface area contributed by atoms with E-state index in [1.54, 1.807) is 32.4 Å². The summed E-state index contributed by atoms with van der Waals surface area (Å²) in [5.41, 5.74) is -1.29. The Labute approximate surface area is 167 Å². The molecule has 6 nitrogen and oxygen atoms in total. The highest BCUT2D eigenvalue weighted by Crippen LogP contribution is 2.51. The molecule has 0 spiro atoms. The highest BCUT2D eigenvalue weighted by atomic mass is 127. The molecule has 1 aromatic heterocycles. The molecule has 1 aliphatic carbocycles. The Morgan fingerprint density at radius 3 is 2.64 bits per heavy atom. The predicted octanol–water partition coefficient (Wildman–Crippen LogP) is 2.86. The number of hydrogen-bond acceptors (Lipinski definition) is 4. The molecule has 3 N–H and O–H groups in total. The number of furan rings is 1. The lowest BCUT2D eigenvalue weighted by Crippen LogP contribution is -2.69. The van der Waals surface area contributed by atoms with Crippen LogP contribution >= 0.6 is 24.0 Å². The number of nitrogens with zero attached hydrogens (tertiary/aromatic N) is 1. The maximum Gasteiger partial charge on any atom is 0.191 e. The third kappa shape index (κ3) is 4.49. The van der Waals surface area contributed by atoms with Gasteiger partial charge in [-0.3, -0.25) is 0 Å². The van der Waals surface area contributed by atoms with Crippen molar-refractivity contribution < 1.29 is 14.3 Å². The van der Waals surface area contributed by atoms with Gasteiger partial charge in [-0.15, -0.1) is 24.0 Å². The topological polar surface area (TPSA) is 79.0 Å². The molecule has 1 aromatic rings. The highest BCUT2D eigenvalue weighted by molar-refractivity contribution is 14.0. The van der Waals surface area contributed by atoms with Gasteiger partial charge in [0.05, 0.1) is 18.4 Å². The summed E-state index contributed by atoms with van der Waals surface area (Å²) in [5.74, 6) is 1.21. The van der Waals surface area contributed by atoms with Gasteiger partial charge in [0.25, 0.3) is 0 Å². The average molecular weight is 465 g/mol. The van der Waals surface area contributed by atoms with Crippen LogP contribution in [0.25, 0.3) is 0 Å². The maximum absolute atomic E-state index is 10.5. The third-order valence-electron chi connectivity index (χ3n) is 5.53. The van der Waals surface area contributed by atoms with Gasteiger partial charge in [0.1, 0.15) is 11.4 Å². The number of ether oxygens (including phenoxy) is 1. The van der Waals surface area contributed by atoms with Crippen molar-refractivity contribution in [1.82, 2.24) is 10.6 Å². The van der Waals surface area contributed by atoms with Crippen LogP contribution in [0.2, 0.25) is 0 Å². The first-order chi connectivity index (χ1) is 11.2. The second-order valence-corrected chi connectivity index (χ2v) is 7.50. The molecule has 1 fully saturated rings. The van der Waals surface area contributed by atoms with Crippen molar-refractivity contribution in [2.24, 2.45) is 10.4 Å². The molecule has 3 unspecified atom stereocenters. The quantitative estimate of drug-likeness (QED) is 0.342. The fourth-order valence-electron chi connectivity index (χ4n) is 3.10. The van der Waals surface area contributed by atoms with E-state index in [0.717, 1.165) is 13.0 Å². The lowest BCUT2D eigenvalue weighted by atomic mass is 9.56. The Morgan fingerprint density at radius 1 is 1.48 bits per heavy atom. The van der Waals surface area contributed by atoms with Gasteiger partial charge in [-0.25, -0.2) is 4.99 Å². The molecule has 1 aliphatic rings.